The molecule has 0 bridgehead atoms. The number of hydrogen-bond acceptors (Lipinski definition) is 3. The van der Waals surface area contributed by atoms with E-state index < -0.39 is 0 Å². The lowest BCUT2D eigenvalue weighted by Crippen LogP contribution is -2.24. The lowest BCUT2D eigenvalue weighted by Gasteiger charge is -2.07. The highest BCUT2D eigenvalue weighted by Crippen LogP contribution is 2.05. The monoisotopic (exact) mass is 224 g/mol. The Bertz CT molecular complexity index is 281. The van der Waals surface area contributed by atoms with E-state index in [1.807, 2.05) is 19.1 Å². The Morgan fingerprint density at radius 2 is 1.94 bits per heavy atom. The van der Waals surface area contributed by atoms with Crippen molar-refractivity contribution in [3.05, 3.63) is 23.7 Å². The summed E-state index contributed by atoms with van der Waals surface area (Å²) in [4.78, 5) is 0. The first-order valence-corrected chi connectivity index (χ1v) is 6.18. The van der Waals surface area contributed by atoms with Gasteiger partial charge in [-0.1, -0.05) is 13.8 Å². The van der Waals surface area contributed by atoms with Gasteiger partial charge in [0.25, 0.3) is 0 Å². The lowest BCUT2D eigenvalue weighted by atomic mass is 10.3. The maximum absolute atomic E-state index is 5.47. The van der Waals surface area contributed by atoms with E-state index in [4.69, 9.17) is 4.42 Å². The molecular formula is C13H24N2O. The number of furan rings is 1. The molecular weight excluding hydrogens is 200 g/mol. The van der Waals surface area contributed by atoms with E-state index in [0.717, 1.165) is 31.2 Å². The zero-order chi connectivity index (χ0) is 11.8. The first kappa shape index (κ1) is 13.3. The van der Waals surface area contributed by atoms with Crippen LogP contribution in [0.4, 0.5) is 0 Å². The van der Waals surface area contributed by atoms with Crippen LogP contribution in [-0.4, -0.2) is 19.1 Å². The van der Waals surface area contributed by atoms with E-state index in [2.05, 4.69) is 24.5 Å². The van der Waals surface area contributed by atoms with Crippen molar-refractivity contribution in [3.63, 3.8) is 0 Å². The van der Waals surface area contributed by atoms with E-state index in [1.165, 1.54) is 12.8 Å². The molecule has 0 spiro atoms. The van der Waals surface area contributed by atoms with Crippen LogP contribution in [0.3, 0.4) is 0 Å². The van der Waals surface area contributed by atoms with Gasteiger partial charge in [-0.05, 0) is 45.0 Å². The molecule has 16 heavy (non-hydrogen) atoms. The van der Waals surface area contributed by atoms with Crippen LogP contribution in [0.5, 0.6) is 0 Å². The molecule has 3 heteroatoms. The molecule has 0 aliphatic carbocycles. The molecule has 0 aliphatic rings. The van der Waals surface area contributed by atoms with Gasteiger partial charge in [-0.3, -0.25) is 0 Å². The maximum atomic E-state index is 5.47. The predicted octanol–water partition coefficient (Wildman–Crippen LogP) is 2.46. The van der Waals surface area contributed by atoms with Gasteiger partial charge >= 0.3 is 0 Å². The molecule has 0 fully saturated rings. The summed E-state index contributed by atoms with van der Waals surface area (Å²) in [5.41, 5.74) is 0. The van der Waals surface area contributed by atoms with Crippen LogP contribution in [0.15, 0.2) is 16.5 Å². The van der Waals surface area contributed by atoms with Crippen LogP contribution in [0.25, 0.3) is 0 Å². The third-order valence-electron chi connectivity index (χ3n) is 2.43. The largest absolute Gasteiger partial charge is 0.465 e. The SMILES string of the molecule is Cc1ccc(CNCCCCNC(C)C)o1. The minimum atomic E-state index is 0.596. The van der Waals surface area contributed by atoms with Gasteiger partial charge in [0.15, 0.2) is 0 Å². The Kier molecular flexibility index (Phi) is 6.19. The molecule has 0 aliphatic heterocycles. The van der Waals surface area contributed by atoms with Gasteiger partial charge in [-0.25, -0.2) is 0 Å². The van der Waals surface area contributed by atoms with Crippen LogP contribution < -0.4 is 10.6 Å². The van der Waals surface area contributed by atoms with E-state index >= 15 is 0 Å². The van der Waals surface area contributed by atoms with Crippen molar-refractivity contribution in [1.82, 2.24) is 10.6 Å². The summed E-state index contributed by atoms with van der Waals surface area (Å²) in [5, 5.41) is 6.79. The van der Waals surface area contributed by atoms with Crippen molar-refractivity contribution in [2.45, 2.75) is 46.2 Å². The van der Waals surface area contributed by atoms with Crippen molar-refractivity contribution >= 4 is 0 Å². The molecule has 1 rings (SSSR count). The standard InChI is InChI=1S/C13H24N2O/c1-11(2)15-9-5-4-8-14-10-13-7-6-12(3)16-13/h6-7,11,14-15H,4-5,8-10H2,1-3H3. The average Bonchev–Trinajstić information content (AvgIpc) is 2.62. The van der Waals surface area contributed by atoms with Gasteiger partial charge in [0.1, 0.15) is 11.5 Å². The maximum Gasteiger partial charge on any atom is 0.117 e. The number of hydrogen-bond donors (Lipinski definition) is 2. The lowest BCUT2D eigenvalue weighted by molar-refractivity contribution is 0.457. The third-order valence-corrected chi connectivity index (χ3v) is 2.43. The smallest absolute Gasteiger partial charge is 0.117 e. The zero-order valence-corrected chi connectivity index (χ0v) is 10.7. The Morgan fingerprint density at radius 1 is 1.19 bits per heavy atom. The van der Waals surface area contributed by atoms with Crippen molar-refractivity contribution in [2.24, 2.45) is 0 Å². The molecule has 1 heterocycles. The Balaban J connectivity index is 1.92. The second-order valence-electron chi connectivity index (χ2n) is 4.51. The van der Waals surface area contributed by atoms with Crippen molar-refractivity contribution < 1.29 is 4.42 Å². The first-order valence-electron chi connectivity index (χ1n) is 6.18. The minimum absolute atomic E-state index is 0.596. The van der Waals surface area contributed by atoms with Gasteiger partial charge < -0.3 is 15.1 Å². The molecule has 0 aromatic carbocycles. The van der Waals surface area contributed by atoms with Crippen LogP contribution >= 0.6 is 0 Å². The first-order chi connectivity index (χ1) is 7.68. The number of rotatable bonds is 8. The molecule has 0 saturated heterocycles. The van der Waals surface area contributed by atoms with Crippen molar-refractivity contribution in [2.75, 3.05) is 13.1 Å². The topological polar surface area (TPSA) is 37.2 Å². The Labute approximate surface area is 98.6 Å². The van der Waals surface area contributed by atoms with Gasteiger partial charge in [0.2, 0.25) is 0 Å². The molecule has 0 saturated carbocycles. The van der Waals surface area contributed by atoms with Crippen LogP contribution in [0.1, 0.15) is 38.2 Å². The molecule has 0 radical (unpaired) electrons. The second-order valence-corrected chi connectivity index (χ2v) is 4.51. The van der Waals surface area contributed by atoms with Gasteiger partial charge in [-0.2, -0.15) is 0 Å². The molecule has 0 atom stereocenters. The Morgan fingerprint density at radius 3 is 2.56 bits per heavy atom. The normalized spacial score (nSPS) is 11.2. The number of aryl methyl sites for hydroxylation is 1. The number of nitrogens with one attached hydrogen (secondary N) is 2. The molecule has 0 amide bonds. The van der Waals surface area contributed by atoms with Gasteiger partial charge in [0.05, 0.1) is 6.54 Å². The molecule has 3 nitrogen and oxygen atoms in total. The average molecular weight is 224 g/mol. The summed E-state index contributed by atoms with van der Waals surface area (Å²) in [5.74, 6) is 2.01. The van der Waals surface area contributed by atoms with Gasteiger partial charge in [-0.15, -0.1) is 0 Å². The summed E-state index contributed by atoms with van der Waals surface area (Å²) < 4.78 is 5.47. The fourth-order valence-electron chi connectivity index (χ4n) is 1.56. The highest BCUT2D eigenvalue weighted by atomic mass is 16.3. The van der Waals surface area contributed by atoms with Crippen molar-refractivity contribution in [1.29, 1.82) is 0 Å². The molecule has 0 unspecified atom stereocenters. The second kappa shape index (κ2) is 7.47. The molecule has 1 aromatic heterocycles. The fraction of sp³-hybridized carbons (Fsp3) is 0.692. The highest BCUT2D eigenvalue weighted by Gasteiger charge is 1.97. The highest BCUT2D eigenvalue weighted by molar-refractivity contribution is 5.04. The van der Waals surface area contributed by atoms with Crippen LogP contribution in [0, 0.1) is 6.92 Å². The summed E-state index contributed by atoms with van der Waals surface area (Å²) in [6, 6.07) is 4.63. The number of unbranched alkanes of at least 4 members (excludes halogenated alkanes) is 1. The molecule has 1 aromatic rings. The van der Waals surface area contributed by atoms with Crippen LogP contribution in [0.2, 0.25) is 0 Å². The Hall–Kier alpha value is -0.800. The van der Waals surface area contributed by atoms with Crippen LogP contribution in [-0.2, 0) is 6.54 Å². The summed E-state index contributed by atoms with van der Waals surface area (Å²) in [7, 11) is 0. The minimum Gasteiger partial charge on any atom is -0.465 e. The summed E-state index contributed by atoms with van der Waals surface area (Å²) >= 11 is 0. The van der Waals surface area contributed by atoms with E-state index in [1.54, 1.807) is 0 Å². The molecule has 92 valence electrons. The predicted molar refractivity (Wildman–Crippen MR) is 67.5 cm³/mol. The summed E-state index contributed by atoms with van der Waals surface area (Å²) in [6.45, 7) is 9.33. The fourth-order valence-corrected chi connectivity index (χ4v) is 1.56. The van der Waals surface area contributed by atoms with E-state index in [-0.39, 0.29) is 0 Å². The summed E-state index contributed by atoms with van der Waals surface area (Å²) in [6.07, 6.45) is 2.43. The quantitative estimate of drug-likeness (QED) is 0.666. The van der Waals surface area contributed by atoms with Crippen molar-refractivity contribution in [3.8, 4) is 0 Å². The van der Waals surface area contributed by atoms with E-state index in [0.29, 0.717) is 6.04 Å². The zero-order valence-electron chi connectivity index (χ0n) is 10.7. The van der Waals surface area contributed by atoms with Gasteiger partial charge in [0, 0.05) is 6.04 Å². The third kappa shape index (κ3) is 5.93. The van der Waals surface area contributed by atoms with E-state index in [9.17, 15) is 0 Å². The molecule has 2 N–H and O–H groups in total.